The van der Waals surface area contributed by atoms with E-state index in [1.807, 2.05) is 0 Å². The average Bonchev–Trinajstić information content (AvgIpc) is 2.23. The molecule has 4 nitrogen and oxygen atoms in total. The minimum atomic E-state index is -0.0316. The summed E-state index contributed by atoms with van der Waals surface area (Å²) in [6.07, 6.45) is 0. The topological polar surface area (TPSA) is 61.7 Å². The normalized spacial score (nSPS) is 20.7. The lowest BCUT2D eigenvalue weighted by molar-refractivity contribution is 0.0760. The highest BCUT2D eigenvalue weighted by Gasteiger charge is 2.18. The number of hydrogen-bond donors (Lipinski definition) is 3. The molecular weight excluding hydrogens is 218 g/mol. The third kappa shape index (κ3) is 2.75. The van der Waals surface area contributed by atoms with Gasteiger partial charge in [-0.3, -0.25) is 0 Å². The van der Waals surface area contributed by atoms with Crippen molar-refractivity contribution in [3.8, 4) is 11.5 Å². The van der Waals surface area contributed by atoms with Crippen LogP contribution >= 0.6 is 12.4 Å². The molecule has 0 unspecified atom stereocenters. The number of rotatable bonds is 1. The molecule has 5 heteroatoms. The number of nitrogens with one attached hydrogen (secondary N) is 1. The fourth-order valence-electron chi connectivity index (χ4n) is 1.59. The summed E-state index contributed by atoms with van der Waals surface area (Å²) >= 11 is 0. The Labute approximate surface area is 94.3 Å². The predicted octanol–water partition coefficient (Wildman–Crippen LogP) is 1.18. The molecule has 0 radical (unpaired) electrons. The third-order valence-electron chi connectivity index (χ3n) is 2.31. The molecule has 0 bridgehead atoms. The first-order valence-corrected chi connectivity index (χ1v) is 4.60. The molecule has 1 heterocycles. The zero-order valence-electron chi connectivity index (χ0n) is 8.14. The molecule has 0 saturated carbocycles. The van der Waals surface area contributed by atoms with Gasteiger partial charge in [0.2, 0.25) is 0 Å². The largest absolute Gasteiger partial charge is 0.508 e. The molecule has 0 aromatic heterocycles. The van der Waals surface area contributed by atoms with Gasteiger partial charge >= 0.3 is 0 Å². The summed E-state index contributed by atoms with van der Waals surface area (Å²) in [5.74, 6) is 0.343. The van der Waals surface area contributed by atoms with Crippen molar-refractivity contribution in [3.63, 3.8) is 0 Å². The van der Waals surface area contributed by atoms with E-state index in [4.69, 9.17) is 4.74 Å². The van der Waals surface area contributed by atoms with Crippen LogP contribution in [0.4, 0.5) is 0 Å². The first-order chi connectivity index (χ1) is 6.77. The van der Waals surface area contributed by atoms with E-state index in [1.165, 1.54) is 12.1 Å². The van der Waals surface area contributed by atoms with Gasteiger partial charge in [-0.2, -0.15) is 0 Å². The Bertz CT molecular complexity index is 326. The first-order valence-electron chi connectivity index (χ1n) is 4.60. The lowest BCUT2D eigenvalue weighted by Gasteiger charge is -2.24. The summed E-state index contributed by atoms with van der Waals surface area (Å²) in [6.45, 7) is 1.98. The summed E-state index contributed by atoms with van der Waals surface area (Å²) < 4.78 is 5.28. The van der Waals surface area contributed by atoms with Crippen molar-refractivity contribution < 1.29 is 14.9 Å². The molecule has 3 N–H and O–H groups in total. The first kappa shape index (κ1) is 12.1. The molecule has 0 amide bonds. The Kier molecular flexibility index (Phi) is 4.20. The Morgan fingerprint density at radius 3 is 2.80 bits per heavy atom. The Morgan fingerprint density at radius 2 is 2.13 bits per heavy atom. The third-order valence-corrected chi connectivity index (χ3v) is 2.31. The van der Waals surface area contributed by atoms with Gasteiger partial charge in [0.05, 0.1) is 19.3 Å². The molecule has 84 valence electrons. The highest BCUT2D eigenvalue weighted by molar-refractivity contribution is 5.85. The van der Waals surface area contributed by atoms with Gasteiger partial charge < -0.3 is 20.3 Å². The molecule has 0 spiro atoms. The number of phenols is 2. The van der Waals surface area contributed by atoms with Crippen molar-refractivity contribution >= 4 is 12.4 Å². The minimum absolute atomic E-state index is 0. The molecule has 1 fully saturated rings. The standard InChI is InChI=1S/C10H13NO3.ClH/c12-7-1-2-10(13)8(5-7)9-6-14-4-3-11-9;/h1-2,5,9,11-13H,3-4,6H2;1H/t9-;/m0./s1. The van der Waals surface area contributed by atoms with Crippen LogP contribution in [0.2, 0.25) is 0 Å². The van der Waals surface area contributed by atoms with Gasteiger partial charge in [0, 0.05) is 12.1 Å². The average molecular weight is 232 g/mol. The summed E-state index contributed by atoms with van der Waals surface area (Å²) in [4.78, 5) is 0. The van der Waals surface area contributed by atoms with Crippen LogP contribution in [0.25, 0.3) is 0 Å². The van der Waals surface area contributed by atoms with Crippen molar-refractivity contribution in [1.29, 1.82) is 0 Å². The van der Waals surface area contributed by atoms with Crippen molar-refractivity contribution in [2.45, 2.75) is 6.04 Å². The van der Waals surface area contributed by atoms with Crippen molar-refractivity contribution in [3.05, 3.63) is 23.8 Å². The van der Waals surface area contributed by atoms with E-state index in [0.717, 1.165) is 6.54 Å². The second-order valence-electron chi connectivity index (χ2n) is 3.32. The number of hydrogen-bond acceptors (Lipinski definition) is 4. The summed E-state index contributed by atoms with van der Waals surface area (Å²) in [5.41, 5.74) is 0.685. The van der Waals surface area contributed by atoms with Crippen LogP contribution in [0.15, 0.2) is 18.2 Å². The maximum absolute atomic E-state index is 9.58. The van der Waals surface area contributed by atoms with E-state index in [2.05, 4.69) is 5.32 Å². The van der Waals surface area contributed by atoms with E-state index in [1.54, 1.807) is 6.07 Å². The monoisotopic (exact) mass is 231 g/mol. The predicted molar refractivity (Wildman–Crippen MR) is 58.6 cm³/mol. The van der Waals surface area contributed by atoms with Gasteiger partial charge in [-0.15, -0.1) is 12.4 Å². The fraction of sp³-hybridized carbons (Fsp3) is 0.400. The lowest BCUT2D eigenvalue weighted by atomic mass is 10.1. The lowest BCUT2D eigenvalue weighted by Crippen LogP contribution is -2.34. The van der Waals surface area contributed by atoms with E-state index in [9.17, 15) is 10.2 Å². The molecule has 1 atom stereocenters. The Balaban J connectivity index is 0.00000112. The van der Waals surface area contributed by atoms with Crippen LogP contribution in [0.5, 0.6) is 11.5 Å². The molecule has 1 aromatic carbocycles. The second-order valence-corrected chi connectivity index (χ2v) is 3.32. The summed E-state index contributed by atoms with van der Waals surface area (Å²) in [5, 5.41) is 22.1. The Hall–Kier alpha value is -0.970. The quantitative estimate of drug-likeness (QED) is 0.636. The van der Waals surface area contributed by atoms with Crippen LogP contribution in [0, 0.1) is 0 Å². The van der Waals surface area contributed by atoms with Crippen LogP contribution in [0.3, 0.4) is 0 Å². The summed E-state index contributed by atoms with van der Waals surface area (Å²) in [6, 6.07) is 4.47. The van der Waals surface area contributed by atoms with Gasteiger partial charge in [-0.05, 0) is 18.2 Å². The number of halogens is 1. The van der Waals surface area contributed by atoms with E-state index >= 15 is 0 Å². The minimum Gasteiger partial charge on any atom is -0.508 e. The van der Waals surface area contributed by atoms with E-state index in [0.29, 0.717) is 18.8 Å². The van der Waals surface area contributed by atoms with Crippen molar-refractivity contribution in [2.24, 2.45) is 0 Å². The molecule has 1 aromatic rings. The number of benzene rings is 1. The number of ether oxygens (including phenoxy) is 1. The summed E-state index contributed by atoms with van der Waals surface area (Å²) in [7, 11) is 0. The van der Waals surface area contributed by atoms with Crippen LogP contribution in [-0.2, 0) is 4.74 Å². The van der Waals surface area contributed by atoms with Gasteiger partial charge in [-0.1, -0.05) is 0 Å². The van der Waals surface area contributed by atoms with Crippen LogP contribution < -0.4 is 5.32 Å². The highest BCUT2D eigenvalue weighted by Crippen LogP contribution is 2.28. The Morgan fingerprint density at radius 1 is 1.33 bits per heavy atom. The van der Waals surface area contributed by atoms with Gasteiger partial charge in [0.15, 0.2) is 0 Å². The highest BCUT2D eigenvalue weighted by atomic mass is 35.5. The zero-order valence-corrected chi connectivity index (χ0v) is 8.96. The molecule has 0 aliphatic carbocycles. The number of morpholine rings is 1. The molecular formula is C10H14ClNO3. The smallest absolute Gasteiger partial charge is 0.120 e. The fourth-order valence-corrected chi connectivity index (χ4v) is 1.59. The maximum atomic E-state index is 9.58. The molecule has 1 aliphatic rings. The molecule has 15 heavy (non-hydrogen) atoms. The van der Waals surface area contributed by atoms with Gasteiger partial charge in [-0.25, -0.2) is 0 Å². The van der Waals surface area contributed by atoms with Gasteiger partial charge in [0.25, 0.3) is 0 Å². The maximum Gasteiger partial charge on any atom is 0.120 e. The number of aromatic hydroxyl groups is 2. The zero-order chi connectivity index (χ0) is 9.97. The number of phenolic OH excluding ortho intramolecular Hbond substituents is 2. The van der Waals surface area contributed by atoms with Crippen LogP contribution in [-0.4, -0.2) is 30.0 Å². The SMILES string of the molecule is Cl.Oc1ccc(O)c([C@@H]2COCCN2)c1. The van der Waals surface area contributed by atoms with Gasteiger partial charge in [0.1, 0.15) is 11.5 Å². The molecule has 1 aliphatic heterocycles. The molecule has 2 rings (SSSR count). The van der Waals surface area contributed by atoms with E-state index in [-0.39, 0.29) is 29.9 Å². The second kappa shape index (κ2) is 5.21. The van der Waals surface area contributed by atoms with Crippen molar-refractivity contribution in [2.75, 3.05) is 19.8 Å². The van der Waals surface area contributed by atoms with Crippen molar-refractivity contribution in [1.82, 2.24) is 5.32 Å². The van der Waals surface area contributed by atoms with Crippen LogP contribution in [0.1, 0.15) is 11.6 Å². The van der Waals surface area contributed by atoms with E-state index < -0.39 is 0 Å². The molecule has 1 saturated heterocycles.